The summed E-state index contributed by atoms with van der Waals surface area (Å²) in [6, 6.07) is 1.94. The molecule has 0 saturated carbocycles. The van der Waals surface area contributed by atoms with E-state index in [1.165, 1.54) is 0 Å². The fourth-order valence-electron chi connectivity index (χ4n) is 3.37. The van der Waals surface area contributed by atoms with Crippen molar-refractivity contribution in [2.24, 2.45) is 11.8 Å². The van der Waals surface area contributed by atoms with E-state index in [2.05, 4.69) is 23.8 Å². The number of hydrogen-bond acceptors (Lipinski definition) is 5. The normalized spacial score (nSPS) is 27.7. The van der Waals surface area contributed by atoms with Gasteiger partial charge < -0.3 is 23.7 Å². The van der Waals surface area contributed by atoms with Crippen molar-refractivity contribution in [3.8, 4) is 5.75 Å². The summed E-state index contributed by atoms with van der Waals surface area (Å²) in [5, 5.41) is 0. The van der Waals surface area contributed by atoms with Crippen LogP contribution >= 0.6 is 0 Å². The molecule has 9 heteroatoms. The maximum absolute atomic E-state index is 13.8. The summed E-state index contributed by atoms with van der Waals surface area (Å²) >= 11 is 0. The number of ether oxygens (including phenoxy) is 5. The zero-order chi connectivity index (χ0) is 21.5. The molecule has 3 rings (SSSR count). The van der Waals surface area contributed by atoms with Crippen LogP contribution < -0.4 is 4.74 Å². The fourth-order valence-corrected chi connectivity index (χ4v) is 3.37. The second-order valence-electron chi connectivity index (χ2n) is 7.29. The van der Waals surface area contributed by atoms with E-state index in [-0.39, 0.29) is 24.5 Å². The van der Waals surface area contributed by atoms with Crippen LogP contribution in [0.3, 0.4) is 0 Å². The highest BCUT2D eigenvalue weighted by molar-refractivity contribution is 5.31. The van der Waals surface area contributed by atoms with Crippen LogP contribution in [-0.4, -0.2) is 45.6 Å². The van der Waals surface area contributed by atoms with Gasteiger partial charge in [0.15, 0.2) is 30.0 Å². The highest BCUT2D eigenvalue weighted by Gasteiger charge is 2.33. The lowest BCUT2D eigenvalue weighted by Gasteiger charge is -2.37. The van der Waals surface area contributed by atoms with Crippen LogP contribution in [0.5, 0.6) is 5.75 Å². The van der Waals surface area contributed by atoms with E-state index in [0.29, 0.717) is 38.4 Å². The SMILES string of the molecule is CC/C=C/C1COC(C2COC(CCc3cc(F)c(OC(F)F)c(F)c3)OC2)OC1. The summed E-state index contributed by atoms with van der Waals surface area (Å²) in [4.78, 5) is 0. The first-order chi connectivity index (χ1) is 14.5. The molecule has 0 aliphatic carbocycles. The van der Waals surface area contributed by atoms with Gasteiger partial charge in [0.1, 0.15) is 0 Å². The van der Waals surface area contributed by atoms with Gasteiger partial charge in [0, 0.05) is 12.3 Å². The molecule has 2 aliphatic heterocycles. The molecule has 0 aromatic heterocycles. The van der Waals surface area contributed by atoms with E-state index < -0.39 is 30.3 Å². The number of rotatable bonds is 8. The Kier molecular flexibility index (Phi) is 8.50. The maximum atomic E-state index is 13.8. The molecule has 2 fully saturated rings. The monoisotopic (exact) mass is 434 g/mol. The second-order valence-corrected chi connectivity index (χ2v) is 7.29. The molecule has 2 aliphatic rings. The number of benzene rings is 1. The summed E-state index contributed by atoms with van der Waals surface area (Å²) in [6.07, 6.45) is 4.84. The molecule has 1 aromatic rings. The van der Waals surface area contributed by atoms with Crippen molar-refractivity contribution in [1.82, 2.24) is 0 Å². The summed E-state index contributed by atoms with van der Waals surface area (Å²) in [5.74, 6) is -3.23. The summed E-state index contributed by atoms with van der Waals surface area (Å²) < 4.78 is 78.8. The molecule has 5 nitrogen and oxygen atoms in total. The van der Waals surface area contributed by atoms with Gasteiger partial charge in [0.2, 0.25) is 0 Å². The van der Waals surface area contributed by atoms with Gasteiger partial charge in [-0.05, 0) is 30.5 Å². The van der Waals surface area contributed by atoms with E-state index >= 15 is 0 Å². The first-order valence-corrected chi connectivity index (χ1v) is 10.0. The number of halogens is 4. The van der Waals surface area contributed by atoms with Crippen molar-refractivity contribution in [2.75, 3.05) is 26.4 Å². The Labute approximate surface area is 172 Å². The van der Waals surface area contributed by atoms with Gasteiger partial charge in [-0.25, -0.2) is 8.78 Å². The lowest BCUT2D eigenvalue weighted by Crippen LogP contribution is -2.44. The minimum atomic E-state index is -3.30. The molecule has 0 amide bonds. The first kappa shape index (κ1) is 23.0. The Morgan fingerprint density at radius 1 is 1.03 bits per heavy atom. The van der Waals surface area contributed by atoms with Gasteiger partial charge in [-0.3, -0.25) is 0 Å². The third kappa shape index (κ3) is 6.41. The Balaban J connectivity index is 1.42. The van der Waals surface area contributed by atoms with Gasteiger partial charge in [0.25, 0.3) is 0 Å². The van der Waals surface area contributed by atoms with Crippen LogP contribution in [-0.2, 0) is 25.4 Å². The molecule has 30 heavy (non-hydrogen) atoms. The molecule has 0 radical (unpaired) electrons. The molecule has 0 atom stereocenters. The third-order valence-electron chi connectivity index (χ3n) is 4.90. The lowest BCUT2D eigenvalue weighted by molar-refractivity contribution is -0.278. The molecule has 0 spiro atoms. The highest BCUT2D eigenvalue weighted by Crippen LogP contribution is 2.27. The summed E-state index contributed by atoms with van der Waals surface area (Å²) in [5.41, 5.74) is 0.297. The van der Waals surface area contributed by atoms with E-state index in [1.807, 2.05) is 0 Å². The number of alkyl halides is 2. The number of hydrogen-bond donors (Lipinski definition) is 0. The minimum Gasteiger partial charge on any atom is -0.429 e. The molecule has 168 valence electrons. The Morgan fingerprint density at radius 3 is 2.23 bits per heavy atom. The van der Waals surface area contributed by atoms with Crippen LogP contribution in [0, 0.1) is 23.5 Å². The Hall–Kier alpha value is -1.68. The van der Waals surface area contributed by atoms with Gasteiger partial charge in [0.05, 0.1) is 32.3 Å². The second kappa shape index (κ2) is 11.1. The first-order valence-electron chi connectivity index (χ1n) is 10.0. The van der Waals surface area contributed by atoms with E-state index in [0.717, 1.165) is 18.6 Å². The zero-order valence-electron chi connectivity index (χ0n) is 16.7. The third-order valence-corrected chi connectivity index (χ3v) is 4.90. The van der Waals surface area contributed by atoms with Crippen LogP contribution in [0.4, 0.5) is 17.6 Å². The van der Waals surface area contributed by atoms with Crippen LogP contribution in [0.25, 0.3) is 0 Å². The van der Waals surface area contributed by atoms with Gasteiger partial charge >= 0.3 is 6.61 Å². The molecule has 0 N–H and O–H groups in total. The highest BCUT2D eigenvalue weighted by atomic mass is 19.3. The summed E-state index contributed by atoms with van der Waals surface area (Å²) in [6.45, 7) is 0.713. The van der Waals surface area contributed by atoms with E-state index in [1.54, 1.807) is 0 Å². The molecule has 2 saturated heterocycles. The van der Waals surface area contributed by atoms with Gasteiger partial charge in [-0.15, -0.1) is 0 Å². The van der Waals surface area contributed by atoms with Crippen molar-refractivity contribution in [3.05, 3.63) is 41.5 Å². The quantitative estimate of drug-likeness (QED) is 0.447. The van der Waals surface area contributed by atoms with E-state index in [9.17, 15) is 17.6 Å². The average molecular weight is 434 g/mol. The zero-order valence-corrected chi connectivity index (χ0v) is 16.7. The van der Waals surface area contributed by atoms with Crippen molar-refractivity contribution in [1.29, 1.82) is 0 Å². The van der Waals surface area contributed by atoms with Gasteiger partial charge in [-0.1, -0.05) is 19.1 Å². The standard InChI is InChI=1S/C21H26F4O5/c1-2-3-4-14-9-28-20(29-10-14)15-11-26-18(27-12-15)6-5-13-7-16(22)19(17(23)8-13)30-21(24)25/h3-4,7-8,14-15,18,20-21H,2,5-6,9-12H2,1H3/b4-3+. The predicted octanol–water partition coefficient (Wildman–Crippen LogP) is 4.44. The smallest absolute Gasteiger partial charge is 0.387 e. The average Bonchev–Trinajstić information content (AvgIpc) is 2.74. The molecule has 2 heterocycles. The molecule has 1 aromatic carbocycles. The minimum absolute atomic E-state index is 0.0574. The van der Waals surface area contributed by atoms with E-state index in [4.69, 9.17) is 18.9 Å². The van der Waals surface area contributed by atoms with Crippen LogP contribution in [0.15, 0.2) is 24.3 Å². The fraction of sp³-hybridized carbons (Fsp3) is 0.619. The van der Waals surface area contributed by atoms with Gasteiger partial charge in [-0.2, -0.15) is 8.78 Å². The van der Waals surface area contributed by atoms with Crippen molar-refractivity contribution < 1.29 is 41.2 Å². The number of allylic oxidation sites excluding steroid dienone is 1. The predicted molar refractivity (Wildman–Crippen MR) is 99.1 cm³/mol. The largest absolute Gasteiger partial charge is 0.429 e. The molecular weight excluding hydrogens is 408 g/mol. The topological polar surface area (TPSA) is 46.2 Å². The van der Waals surface area contributed by atoms with Crippen molar-refractivity contribution >= 4 is 0 Å². The van der Waals surface area contributed by atoms with Crippen LogP contribution in [0.2, 0.25) is 0 Å². The summed E-state index contributed by atoms with van der Waals surface area (Å²) in [7, 11) is 0. The lowest BCUT2D eigenvalue weighted by atomic mass is 10.1. The molecule has 0 bridgehead atoms. The van der Waals surface area contributed by atoms with Crippen LogP contribution in [0.1, 0.15) is 25.3 Å². The molecular formula is C21H26F4O5. The molecule has 0 unspecified atom stereocenters. The van der Waals surface area contributed by atoms with Crippen molar-refractivity contribution in [2.45, 2.75) is 45.4 Å². The maximum Gasteiger partial charge on any atom is 0.387 e. The number of aryl methyl sites for hydroxylation is 1. The Morgan fingerprint density at radius 2 is 1.67 bits per heavy atom. The Bertz CT molecular complexity index is 676. The van der Waals surface area contributed by atoms with Crippen molar-refractivity contribution in [3.63, 3.8) is 0 Å².